The van der Waals surface area contributed by atoms with Crippen molar-refractivity contribution in [2.75, 3.05) is 19.8 Å². The van der Waals surface area contributed by atoms with Crippen LogP contribution in [-0.4, -0.2) is 47.7 Å². The molecule has 2 aliphatic rings. The van der Waals surface area contributed by atoms with Crippen molar-refractivity contribution in [3.8, 4) is 0 Å². The van der Waals surface area contributed by atoms with Crippen LogP contribution in [0.3, 0.4) is 0 Å². The van der Waals surface area contributed by atoms with E-state index in [1.165, 1.54) is 32.1 Å². The third kappa shape index (κ3) is 4.47. The van der Waals surface area contributed by atoms with Gasteiger partial charge in [0.25, 0.3) is 0 Å². The number of carboxylic acids is 1. The van der Waals surface area contributed by atoms with E-state index in [2.05, 4.69) is 0 Å². The molecular weight excluding hydrogens is 258 g/mol. The van der Waals surface area contributed by atoms with Gasteiger partial charge in [-0.3, -0.25) is 9.59 Å². The lowest BCUT2D eigenvalue weighted by Crippen LogP contribution is -2.49. The first kappa shape index (κ1) is 15.3. The van der Waals surface area contributed by atoms with Gasteiger partial charge in [0.2, 0.25) is 5.91 Å². The molecule has 5 nitrogen and oxygen atoms in total. The molecule has 0 bridgehead atoms. The zero-order valence-corrected chi connectivity index (χ0v) is 12.1. The van der Waals surface area contributed by atoms with Crippen LogP contribution in [0.25, 0.3) is 0 Å². The van der Waals surface area contributed by atoms with Gasteiger partial charge >= 0.3 is 5.97 Å². The number of aliphatic carboxylic acids is 1. The number of amides is 1. The Labute approximate surface area is 120 Å². The second-order valence-corrected chi connectivity index (χ2v) is 5.96. The van der Waals surface area contributed by atoms with Crippen molar-refractivity contribution in [3.63, 3.8) is 0 Å². The van der Waals surface area contributed by atoms with Gasteiger partial charge in [-0.1, -0.05) is 32.1 Å². The molecule has 1 atom stereocenters. The number of nitrogens with zero attached hydrogens (tertiary/aromatic N) is 1. The van der Waals surface area contributed by atoms with Crippen molar-refractivity contribution >= 4 is 11.9 Å². The fraction of sp³-hybridized carbons (Fsp3) is 0.867. The summed E-state index contributed by atoms with van der Waals surface area (Å²) in [6, 6.07) is -0.292. The van der Waals surface area contributed by atoms with Crippen LogP contribution in [0.2, 0.25) is 0 Å². The second-order valence-electron chi connectivity index (χ2n) is 5.96. The summed E-state index contributed by atoms with van der Waals surface area (Å²) in [4.78, 5) is 24.9. The molecule has 0 aromatic heterocycles. The second kappa shape index (κ2) is 7.62. The molecule has 1 N–H and O–H groups in total. The first-order chi connectivity index (χ1) is 9.66. The fourth-order valence-corrected chi connectivity index (χ4v) is 3.30. The minimum Gasteiger partial charge on any atom is -0.481 e. The van der Waals surface area contributed by atoms with Crippen LogP contribution in [0.1, 0.15) is 51.4 Å². The highest BCUT2D eigenvalue weighted by molar-refractivity contribution is 5.77. The molecular formula is C15H25NO4. The van der Waals surface area contributed by atoms with E-state index in [4.69, 9.17) is 9.84 Å². The van der Waals surface area contributed by atoms with Crippen molar-refractivity contribution in [3.05, 3.63) is 0 Å². The van der Waals surface area contributed by atoms with Crippen molar-refractivity contribution in [1.29, 1.82) is 0 Å². The average molecular weight is 283 g/mol. The summed E-state index contributed by atoms with van der Waals surface area (Å²) in [5.41, 5.74) is 0. The summed E-state index contributed by atoms with van der Waals surface area (Å²) in [5.74, 6) is -0.0811. The monoisotopic (exact) mass is 283 g/mol. The van der Waals surface area contributed by atoms with Crippen LogP contribution in [0.4, 0.5) is 0 Å². The number of hydrogen-bond acceptors (Lipinski definition) is 3. The summed E-state index contributed by atoms with van der Waals surface area (Å²) < 4.78 is 5.30. The number of hydrogen-bond donors (Lipinski definition) is 1. The number of ether oxygens (including phenoxy) is 1. The van der Waals surface area contributed by atoms with E-state index in [0.717, 1.165) is 6.42 Å². The SMILES string of the molecule is O=C(O)CC1COCCN1C(=O)CCC1CCCCC1. The molecule has 114 valence electrons. The van der Waals surface area contributed by atoms with Gasteiger partial charge in [-0.05, 0) is 12.3 Å². The number of carbonyl (C=O) groups excluding carboxylic acids is 1. The first-order valence-electron chi connectivity index (χ1n) is 7.76. The standard InChI is InChI=1S/C15H25NO4/c17-14(7-6-12-4-2-1-3-5-12)16-8-9-20-11-13(16)10-15(18)19/h12-13H,1-11H2,(H,18,19). The Morgan fingerprint density at radius 2 is 1.95 bits per heavy atom. The summed E-state index contributed by atoms with van der Waals surface area (Å²) in [7, 11) is 0. The van der Waals surface area contributed by atoms with Crippen LogP contribution >= 0.6 is 0 Å². The molecule has 2 fully saturated rings. The average Bonchev–Trinajstić information content (AvgIpc) is 2.46. The molecule has 1 saturated heterocycles. The zero-order chi connectivity index (χ0) is 14.4. The van der Waals surface area contributed by atoms with Gasteiger partial charge in [-0.15, -0.1) is 0 Å². The summed E-state index contributed by atoms with van der Waals surface area (Å²) in [5, 5.41) is 8.91. The van der Waals surface area contributed by atoms with Crippen LogP contribution in [0.5, 0.6) is 0 Å². The fourth-order valence-electron chi connectivity index (χ4n) is 3.30. The minimum atomic E-state index is -0.870. The van der Waals surface area contributed by atoms with Crippen LogP contribution in [0, 0.1) is 5.92 Å². The molecule has 20 heavy (non-hydrogen) atoms. The highest BCUT2D eigenvalue weighted by atomic mass is 16.5. The largest absolute Gasteiger partial charge is 0.481 e. The Morgan fingerprint density at radius 1 is 1.20 bits per heavy atom. The van der Waals surface area contributed by atoms with E-state index in [-0.39, 0.29) is 18.4 Å². The smallest absolute Gasteiger partial charge is 0.305 e. The van der Waals surface area contributed by atoms with E-state index in [1.54, 1.807) is 4.90 Å². The summed E-state index contributed by atoms with van der Waals surface area (Å²) in [6.07, 6.45) is 7.89. The third-order valence-corrected chi connectivity index (χ3v) is 4.45. The van der Waals surface area contributed by atoms with E-state index >= 15 is 0 Å². The number of carboxylic acid groups (broad SMARTS) is 1. The predicted molar refractivity (Wildman–Crippen MR) is 74.4 cm³/mol. The maximum atomic E-state index is 12.3. The minimum absolute atomic E-state index is 0.0187. The van der Waals surface area contributed by atoms with E-state index in [1.807, 2.05) is 0 Å². The molecule has 0 aromatic rings. The van der Waals surface area contributed by atoms with Crippen LogP contribution < -0.4 is 0 Å². The topological polar surface area (TPSA) is 66.8 Å². The molecule has 1 aliphatic carbocycles. The van der Waals surface area contributed by atoms with Gasteiger partial charge in [0, 0.05) is 13.0 Å². The van der Waals surface area contributed by atoms with Crippen molar-refractivity contribution < 1.29 is 19.4 Å². The Morgan fingerprint density at radius 3 is 2.65 bits per heavy atom. The molecule has 1 aliphatic heterocycles. The van der Waals surface area contributed by atoms with E-state index in [0.29, 0.717) is 32.1 Å². The van der Waals surface area contributed by atoms with E-state index < -0.39 is 5.97 Å². The Kier molecular flexibility index (Phi) is 5.83. The molecule has 1 amide bonds. The van der Waals surface area contributed by atoms with Gasteiger partial charge in [-0.2, -0.15) is 0 Å². The molecule has 2 rings (SSSR count). The highest BCUT2D eigenvalue weighted by Crippen LogP contribution is 2.27. The number of morpholine rings is 1. The molecule has 0 radical (unpaired) electrons. The highest BCUT2D eigenvalue weighted by Gasteiger charge is 2.29. The summed E-state index contributed by atoms with van der Waals surface area (Å²) in [6.45, 7) is 1.40. The van der Waals surface area contributed by atoms with Gasteiger partial charge in [0.1, 0.15) is 0 Å². The Hall–Kier alpha value is -1.10. The number of rotatable bonds is 5. The van der Waals surface area contributed by atoms with Crippen LogP contribution in [-0.2, 0) is 14.3 Å². The van der Waals surface area contributed by atoms with Crippen LogP contribution in [0.15, 0.2) is 0 Å². The molecule has 5 heteroatoms. The van der Waals surface area contributed by atoms with Crippen molar-refractivity contribution in [2.24, 2.45) is 5.92 Å². The quantitative estimate of drug-likeness (QED) is 0.838. The maximum Gasteiger partial charge on any atom is 0.305 e. The molecule has 1 saturated carbocycles. The van der Waals surface area contributed by atoms with Gasteiger partial charge < -0.3 is 14.7 Å². The first-order valence-corrected chi connectivity index (χ1v) is 7.76. The normalized spacial score (nSPS) is 24.6. The molecule has 0 spiro atoms. The van der Waals surface area contributed by atoms with Gasteiger partial charge in [0.05, 0.1) is 25.7 Å². The number of carbonyl (C=O) groups is 2. The van der Waals surface area contributed by atoms with Crippen molar-refractivity contribution in [2.45, 2.75) is 57.4 Å². The molecule has 1 heterocycles. The Balaban J connectivity index is 1.80. The molecule has 1 unspecified atom stereocenters. The molecule has 0 aromatic carbocycles. The van der Waals surface area contributed by atoms with Gasteiger partial charge in [-0.25, -0.2) is 0 Å². The lowest BCUT2D eigenvalue weighted by molar-refractivity contribution is -0.146. The maximum absolute atomic E-state index is 12.3. The third-order valence-electron chi connectivity index (χ3n) is 4.45. The van der Waals surface area contributed by atoms with E-state index in [9.17, 15) is 9.59 Å². The lowest BCUT2D eigenvalue weighted by Gasteiger charge is -2.35. The van der Waals surface area contributed by atoms with Gasteiger partial charge in [0.15, 0.2) is 0 Å². The zero-order valence-electron chi connectivity index (χ0n) is 12.1. The lowest BCUT2D eigenvalue weighted by atomic mass is 9.86. The van der Waals surface area contributed by atoms with Crippen molar-refractivity contribution in [1.82, 2.24) is 4.90 Å². The Bertz CT molecular complexity index is 339. The summed E-state index contributed by atoms with van der Waals surface area (Å²) >= 11 is 0. The predicted octanol–water partition coefficient (Wildman–Crippen LogP) is 2.05.